The summed E-state index contributed by atoms with van der Waals surface area (Å²) in [6.07, 6.45) is 3.12. The van der Waals surface area contributed by atoms with E-state index in [4.69, 9.17) is 0 Å². The van der Waals surface area contributed by atoms with Gasteiger partial charge in [0.05, 0.1) is 4.75 Å². The molecule has 16 heavy (non-hydrogen) atoms. The number of rotatable bonds is 6. The average molecular weight is 236 g/mol. The molecule has 1 rings (SSSR count). The largest absolute Gasteiger partial charge is 0.302 e. The van der Waals surface area contributed by atoms with Crippen LogP contribution in [0, 0.1) is 5.92 Å². The quantitative estimate of drug-likeness (QED) is 0.544. The van der Waals surface area contributed by atoms with Gasteiger partial charge in [-0.25, -0.2) is 0 Å². The molecule has 0 bridgehead atoms. The molecule has 1 unspecified atom stereocenters. The highest BCUT2D eigenvalue weighted by Crippen LogP contribution is 2.35. The van der Waals surface area contributed by atoms with Gasteiger partial charge >= 0.3 is 0 Å². The molecule has 1 aromatic carbocycles. The van der Waals surface area contributed by atoms with Crippen molar-refractivity contribution in [2.75, 3.05) is 0 Å². The molecule has 0 saturated heterocycles. The SMILES string of the molecule is CC(C)CCC(C)(C=O)Sc1ccccc1. The van der Waals surface area contributed by atoms with Crippen LogP contribution in [-0.4, -0.2) is 11.0 Å². The van der Waals surface area contributed by atoms with E-state index in [1.807, 2.05) is 25.1 Å². The van der Waals surface area contributed by atoms with E-state index in [0.717, 1.165) is 19.1 Å². The molecule has 0 saturated carbocycles. The summed E-state index contributed by atoms with van der Waals surface area (Å²) in [4.78, 5) is 12.4. The van der Waals surface area contributed by atoms with Crippen molar-refractivity contribution in [3.8, 4) is 0 Å². The topological polar surface area (TPSA) is 17.1 Å². The standard InChI is InChI=1S/C14H20OS/c1-12(2)9-10-14(3,11-15)16-13-7-5-4-6-8-13/h4-8,11-12H,9-10H2,1-3H3. The third kappa shape index (κ3) is 4.40. The van der Waals surface area contributed by atoms with E-state index in [-0.39, 0.29) is 4.75 Å². The van der Waals surface area contributed by atoms with Gasteiger partial charge in [-0.05, 0) is 37.8 Å². The first-order chi connectivity index (χ1) is 7.56. The first kappa shape index (κ1) is 13.3. The fourth-order valence-electron chi connectivity index (χ4n) is 1.47. The highest BCUT2D eigenvalue weighted by atomic mass is 32.2. The molecule has 0 amide bonds. The Kier molecular flexibility index (Phi) is 5.07. The minimum Gasteiger partial charge on any atom is -0.302 e. The molecule has 2 heteroatoms. The number of hydrogen-bond acceptors (Lipinski definition) is 2. The van der Waals surface area contributed by atoms with Crippen LogP contribution in [0.2, 0.25) is 0 Å². The molecule has 1 aromatic rings. The van der Waals surface area contributed by atoms with Crippen LogP contribution in [0.15, 0.2) is 35.2 Å². The van der Waals surface area contributed by atoms with Crippen LogP contribution < -0.4 is 0 Å². The Morgan fingerprint density at radius 2 is 1.94 bits per heavy atom. The molecule has 0 aliphatic rings. The molecule has 0 aliphatic heterocycles. The van der Waals surface area contributed by atoms with Crippen molar-refractivity contribution >= 4 is 18.0 Å². The Hall–Kier alpha value is -0.760. The number of hydrogen-bond donors (Lipinski definition) is 0. The molecule has 88 valence electrons. The van der Waals surface area contributed by atoms with E-state index in [0.29, 0.717) is 5.92 Å². The molecule has 0 heterocycles. The van der Waals surface area contributed by atoms with Gasteiger partial charge in [0, 0.05) is 4.90 Å². The van der Waals surface area contributed by atoms with Gasteiger partial charge in [-0.1, -0.05) is 32.0 Å². The maximum Gasteiger partial charge on any atom is 0.136 e. The Balaban J connectivity index is 2.63. The second kappa shape index (κ2) is 6.09. The van der Waals surface area contributed by atoms with Crippen molar-refractivity contribution < 1.29 is 4.79 Å². The van der Waals surface area contributed by atoms with E-state index < -0.39 is 0 Å². The number of carbonyl (C=O) groups excluding carboxylic acids is 1. The first-order valence-corrected chi connectivity index (χ1v) is 6.58. The average Bonchev–Trinajstić information content (AvgIpc) is 2.28. The number of thioether (sulfide) groups is 1. The fraction of sp³-hybridized carbons (Fsp3) is 0.500. The summed E-state index contributed by atoms with van der Waals surface area (Å²) in [6.45, 7) is 6.41. The van der Waals surface area contributed by atoms with Crippen LogP contribution in [0.5, 0.6) is 0 Å². The van der Waals surface area contributed by atoms with E-state index in [9.17, 15) is 4.79 Å². The monoisotopic (exact) mass is 236 g/mol. The van der Waals surface area contributed by atoms with Crippen molar-refractivity contribution in [1.82, 2.24) is 0 Å². The summed E-state index contributed by atoms with van der Waals surface area (Å²) in [5.41, 5.74) is 0. The summed E-state index contributed by atoms with van der Waals surface area (Å²) in [7, 11) is 0. The Morgan fingerprint density at radius 1 is 1.31 bits per heavy atom. The zero-order chi connectivity index (χ0) is 12.0. The third-order valence-corrected chi connectivity index (χ3v) is 3.84. The van der Waals surface area contributed by atoms with Crippen LogP contribution >= 0.6 is 11.8 Å². The molecular weight excluding hydrogens is 216 g/mol. The number of benzene rings is 1. The summed E-state index contributed by atoms with van der Waals surface area (Å²) in [6, 6.07) is 10.1. The Labute approximate surface area is 103 Å². The summed E-state index contributed by atoms with van der Waals surface area (Å²) < 4.78 is -0.286. The van der Waals surface area contributed by atoms with E-state index in [2.05, 4.69) is 26.0 Å². The maximum absolute atomic E-state index is 11.2. The van der Waals surface area contributed by atoms with Gasteiger partial charge in [-0.2, -0.15) is 0 Å². The molecular formula is C14H20OS. The summed E-state index contributed by atoms with van der Waals surface area (Å²) in [5, 5.41) is 0. The second-order valence-electron chi connectivity index (χ2n) is 4.78. The van der Waals surface area contributed by atoms with Crippen LogP contribution in [0.4, 0.5) is 0 Å². The van der Waals surface area contributed by atoms with E-state index >= 15 is 0 Å². The lowest BCUT2D eigenvalue weighted by Crippen LogP contribution is -2.22. The minimum atomic E-state index is -0.286. The first-order valence-electron chi connectivity index (χ1n) is 5.76. The lowest BCUT2D eigenvalue weighted by molar-refractivity contribution is -0.109. The maximum atomic E-state index is 11.2. The van der Waals surface area contributed by atoms with Crippen molar-refractivity contribution in [2.24, 2.45) is 5.92 Å². The molecule has 0 fully saturated rings. The predicted octanol–water partition coefficient (Wildman–Crippen LogP) is 4.17. The van der Waals surface area contributed by atoms with Crippen molar-refractivity contribution in [2.45, 2.75) is 43.3 Å². The molecule has 0 aliphatic carbocycles. The number of aldehydes is 1. The lowest BCUT2D eigenvalue weighted by Gasteiger charge is -2.23. The lowest BCUT2D eigenvalue weighted by atomic mass is 10.00. The third-order valence-electron chi connectivity index (χ3n) is 2.56. The normalized spacial score (nSPS) is 14.8. The van der Waals surface area contributed by atoms with Gasteiger partial charge in [0.2, 0.25) is 0 Å². The van der Waals surface area contributed by atoms with Gasteiger partial charge in [0.25, 0.3) is 0 Å². The van der Waals surface area contributed by atoms with Crippen molar-refractivity contribution in [3.63, 3.8) is 0 Å². The summed E-state index contributed by atoms with van der Waals surface area (Å²) >= 11 is 1.66. The zero-order valence-corrected chi connectivity index (χ0v) is 11.1. The van der Waals surface area contributed by atoms with Crippen LogP contribution in [0.3, 0.4) is 0 Å². The molecule has 0 N–H and O–H groups in total. The van der Waals surface area contributed by atoms with Gasteiger partial charge in [0.1, 0.15) is 6.29 Å². The van der Waals surface area contributed by atoms with Crippen LogP contribution in [0.1, 0.15) is 33.6 Å². The van der Waals surface area contributed by atoms with Gasteiger partial charge in [-0.15, -0.1) is 11.8 Å². The second-order valence-corrected chi connectivity index (χ2v) is 6.39. The van der Waals surface area contributed by atoms with E-state index in [1.54, 1.807) is 11.8 Å². The van der Waals surface area contributed by atoms with Gasteiger partial charge < -0.3 is 4.79 Å². The Morgan fingerprint density at radius 3 is 2.44 bits per heavy atom. The Bertz CT molecular complexity index is 321. The molecule has 1 atom stereocenters. The van der Waals surface area contributed by atoms with Gasteiger partial charge in [-0.3, -0.25) is 0 Å². The zero-order valence-electron chi connectivity index (χ0n) is 10.3. The van der Waals surface area contributed by atoms with Crippen molar-refractivity contribution in [3.05, 3.63) is 30.3 Å². The predicted molar refractivity (Wildman–Crippen MR) is 70.8 cm³/mol. The van der Waals surface area contributed by atoms with Crippen LogP contribution in [-0.2, 0) is 4.79 Å². The number of carbonyl (C=O) groups is 1. The fourth-order valence-corrected chi connectivity index (χ4v) is 2.57. The highest BCUT2D eigenvalue weighted by molar-refractivity contribution is 8.01. The van der Waals surface area contributed by atoms with Crippen molar-refractivity contribution in [1.29, 1.82) is 0 Å². The highest BCUT2D eigenvalue weighted by Gasteiger charge is 2.24. The minimum absolute atomic E-state index is 0.286. The molecule has 0 aromatic heterocycles. The van der Waals surface area contributed by atoms with E-state index in [1.165, 1.54) is 4.90 Å². The molecule has 0 spiro atoms. The summed E-state index contributed by atoms with van der Waals surface area (Å²) in [5.74, 6) is 0.649. The molecule has 0 radical (unpaired) electrons. The molecule has 1 nitrogen and oxygen atoms in total. The van der Waals surface area contributed by atoms with Crippen LogP contribution in [0.25, 0.3) is 0 Å². The smallest absolute Gasteiger partial charge is 0.136 e. The van der Waals surface area contributed by atoms with Gasteiger partial charge in [0.15, 0.2) is 0 Å².